The Morgan fingerprint density at radius 2 is 1.64 bits per heavy atom. The molecule has 1 aliphatic heterocycles. The van der Waals surface area contributed by atoms with Gasteiger partial charge < -0.3 is 4.40 Å². The molecule has 0 spiro atoms. The monoisotopic (exact) mass is 295 g/mol. The summed E-state index contributed by atoms with van der Waals surface area (Å²) in [6, 6.07) is 9.57. The van der Waals surface area contributed by atoms with E-state index < -0.39 is 0 Å². The van der Waals surface area contributed by atoms with Crippen LogP contribution in [0.5, 0.6) is 0 Å². The lowest BCUT2D eigenvalue weighted by molar-refractivity contribution is 0.0640. The smallest absolute Gasteiger partial charge is 0.261 e. The molecular formula is C16H10FN3O2. The topological polar surface area (TPSA) is 54.7 Å². The first-order valence-electron chi connectivity index (χ1n) is 6.72. The molecule has 2 aromatic heterocycles. The van der Waals surface area contributed by atoms with Crippen molar-refractivity contribution >= 4 is 17.5 Å². The summed E-state index contributed by atoms with van der Waals surface area (Å²) in [5, 5.41) is 0. The average molecular weight is 295 g/mol. The van der Waals surface area contributed by atoms with E-state index in [-0.39, 0.29) is 24.2 Å². The number of imide groups is 1. The molecule has 0 fully saturated rings. The zero-order chi connectivity index (χ0) is 15.3. The number of aromatic nitrogens is 2. The fourth-order valence-corrected chi connectivity index (χ4v) is 2.64. The number of halogens is 1. The van der Waals surface area contributed by atoms with Gasteiger partial charge in [0.2, 0.25) is 0 Å². The van der Waals surface area contributed by atoms with Crippen LogP contribution in [0.4, 0.5) is 4.39 Å². The highest BCUT2D eigenvalue weighted by Crippen LogP contribution is 2.24. The lowest BCUT2D eigenvalue weighted by atomic mass is 10.1. The third kappa shape index (κ3) is 1.81. The molecule has 0 unspecified atom stereocenters. The zero-order valence-corrected chi connectivity index (χ0v) is 11.4. The van der Waals surface area contributed by atoms with Crippen LogP contribution < -0.4 is 0 Å². The fraction of sp³-hybridized carbons (Fsp3) is 0.0625. The number of carbonyl (C=O) groups excluding carboxylic acids is 2. The Hall–Kier alpha value is -3.02. The van der Waals surface area contributed by atoms with Gasteiger partial charge in [0.1, 0.15) is 11.5 Å². The molecule has 3 heterocycles. The van der Waals surface area contributed by atoms with Gasteiger partial charge in [-0.2, -0.15) is 0 Å². The third-order valence-electron chi connectivity index (χ3n) is 3.66. The number of nitrogens with zero attached hydrogens (tertiary/aromatic N) is 3. The van der Waals surface area contributed by atoms with Crippen LogP contribution in [0, 0.1) is 5.82 Å². The number of hydrogen-bond acceptors (Lipinski definition) is 3. The van der Waals surface area contributed by atoms with E-state index in [1.54, 1.807) is 36.5 Å². The predicted molar refractivity (Wildman–Crippen MR) is 75.8 cm³/mol. The van der Waals surface area contributed by atoms with Crippen LogP contribution in [-0.2, 0) is 6.54 Å². The molecule has 5 nitrogen and oxygen atoms in total. The lowest BCUT2D eigenvalue weighted by Gasteiger charge is -2.11. The van der Waals surface area contributed by atoms with Crippen molar-refractivity contribution in [3.05, 3.63) is 71.4 Å². The van der Waals surface area contributed by atoms with Crippen LogP contribution in [0.2, 0.25) is 0 Å². The lowest BCUT2D eigenvalue weighted by Crippen LogP contribution is -2.29. The van der Waals surface area contributed by atoms with Crippen molar-refractivity contribution < 1.29 is 14.0 Å². The number of pyridine rings is 1. The van der Waals surface area contributed by atoms with Gasteiger partial charge in [-0.15, -0.1) is 0 Å². The highest BCUT2D eigenvalue weighted by atomic mass is 19.1. The number of carbonyl (C=O) groups is 2. The van der Waals surface area contributed by atoms with Gasteiger partial charge in [0.05, 0.1) is 23.4 Å². The molecule has 108 valence electrons. The fourth-order valence-electron chi connectivity index (χ4n) is 2.64. The van der Waals surface area contributed by atoms with E-state index in [1.165, 1.54) is 16.7 Å². The second-order valence-electron chi connectivity index (χ2n) is 5.09. The molecule has 6 heteroatoms. The summed E-state index contributed by atoms with van der Waals surface area (Å²) in [6.45, 7) is 0.0651. The first kappa shape index (κ1) is 12.7. The van der Waals surface area contributed by atoms with Crippen molar-refractivity contribution in [1.82, 2.24) is 14.3 Å². The number of fused-ring (bicyclic) bond motifs is 2. The molecule has 2 amide bonds. The van der Waals surface area contributed by atoms with E-state index in [2.05, 4.69) is 4.98 Å². The molecule has 22 heavy (non-hydrogen) atoms. The Bertz CT molecular complexity index is 897. The highest BCUT2D eigenvalue weighted by molar-refractivity contribution is 6.21. The van der Waals surface area contributed by atoms with Crippen LogP contribution >= 0.6 is 0 Å². The van der Waals surface area contributed by atoms with Crippen LogP contribution in [0.3, 0.4) is 0 Å². The summed E-state index contributed by atoms with van der Waals surface area (Å²) in [7, 11) is 0. The molecule has 0 aliphatic carbocycles. The molecule has 0 atom stereocenters. The van der Waals surface area contributed by atoms with Gasteiger partial charge in [0, 0.05) is 12.4 Å². The Balaban J connectivity index is 1.69. The maximum atomic E-state index is 13.2. The Labute approximate surface area is 124 Å². The van der Waals surface area contributed by atoms with Crippen molar-refractivity contribution in [2.45, 2.75) is 6.54 Å². The first-order valence-corrected chi connectivity index (χ1v) is 6.72. The maximum Gasteiger partial charge on any atom is 0.261 e. The van der Waals surface area contributed by atoms with Crippen molar-refractivity contribution in [1.29, 1.82) is 0 Å². The van der Waals surface area contributed by atoms with Gasteiger partial charge in [-0.1, -0.05) is 12.1 Å². The molecular weight excluding hydrogens is 285 g/mol. The molecule has 4 rings (SSSR count). The quantitative estimate of drug-likeness (QED) is 0.681. The minimum Gasteiger partial charge on any atom is -0.304 e. The van der Waals surface area contributed by atoms with E-state index in [1.807, 2.05) is 0 Å². The Morgan fingerprint density at radius 1 is 0.955 bits per heavy atom. The van der Waals surface area contributed by atoms with Crippen molar-refractivity contribution in [2.24, 2.45) is 0 Å². The molecule has 0 saturated heterocycles. The zero-order valence-electron chi connectivity index (χ0n) is 11.4. The molecule has 1 aromatic carbocycles. The average Bonchev–Trinajstić information content (AvgIpc) is 3.02. The van der Waals surface area contributed by atoms with Gasteiger partial charge >= 0.3 is 0 Å². The van der Waals surface area contributed by atoms with E-state index in [4.69, 9.17) is 0 Å². The van der Waals surface area contributed by atoms with Gasteiger partial charge in [0.25, 0.3) is 11.8 Å². The van der Waals surface area contributed by atoms with Gasteiger partial charge in [-0.25, -0.2) is 9.37 Å². The van der Waals surface area contributed by atoms with E-state index >= 15 is 0 Å². The van der Waals surface area contributed by atoms with E-state index in [0.717, 1.165) is 4.90 Å². The van der Waals surface area contributed by atoms with Gasteiger partial charge in [-0.05, 0) is 24.3 Å². The number of rotatable bonds is 2. The summed E-state index contributed by atoms with van der Waals surface area (Å²) in [4.78, 5) is 30.0. The molecule has 0 N–H and O–H groups in total. The second-order valence-corrected chi connectivity index (χ2v) is 5.09. The molecule has 0 bridgehead atoms. The van der Waals surface area contributed by atoms with Gasteiger partial charge in [0.15, 0.2) is 0 Å². The highest BCUT2D eigenvalue weighted by Gasteiger charge is 2.35. The molecule has 0 radical (unpaired) electrons. The number of imidazole rings is 1. The minimum atomic E-state index is -0.378. The van der Waals surface area contributed by atoms with Crippen LogP contribution in [-0.4, -0.2) is 26.1 Å². The summed E-state index contributed by atoms with van der Waals surface area (Å²) in [5.74, 6) is -1.04. The predicted octanol–water partition coefficient (Wildman–Crippen LogP) is 2.27. The summed E-state index contributed by atoms with van der Waals surface area (Å²) in [6.07, 6.45) is 2.91. The normalized spacial score (nSPS) is 14.0. The second kappa shape index (κ2) is 4.49. The van der Waals surface area contributed by atoms with E-state index in [0.29, 0.717) is 22.5 Å². The van der Waals surface area contributed by atoms with Crippen molar-refractivity contribution in [2.75, 3.05) is 0 Å². The van der Waals surface area contributed by atoms with Gasteiger partial charge in [-0.3, -0.25) is 14.5 Å². The third-order valence-corrected chi connectivity index (χ3v) is 3.66. The van der Waals surface area contributed by atoms with Crippen molar-refractivity contribution in [3.63, 3.8) is 0 Å². The summed E-state index contributed by atoms with van der Waals surface area (Å²) in [5.41, 5.74) is 1.90. The largest absolute Gasteiger partial charge is 0.304 e. The first-order chi connectivity index (χ1) is 10.6. The Morgan fingerprint density at radius 3 is 2.32 bits per heavy atom. The standard InChI is InChI=1S/C16H10FN3O2/c17-10-5-6-14-18-11(8-19(14)7-10)9-20-15(21)12-3-1-2-4-13(12)16(20)22/h1-8H,9H2. The SMILES string of the molecule is O=C1c2ccccc2C(=O)N1Cc1cn2cc(F)ccc2n1. The summed E-state index contributed by atoms with van der Waals surface area (Å²) < 4.78 is 14.7. The van der Waals surface area contributed by atoms with Crippen molar-refractivity contribution in [3.8, 4) is 0 Å². The minimum absolute atomic E-state index is 0.0651. The van der Waals surface area contributed by atoms with E-state index in [9.17, 15) is 14.0 Å². The number of hydrogen-bond donors (Lipinski definition) is 0. The van der Waals surface area contributed by atoms with Crippen LogP contribution in [0.25, 0.3) is 5.65 Å². The molecule has 3 aromatic rings. The summed E-state index contributed by atoms with van der Waals surface area (Å²) >= 11 is 0. The number of amides is 2. The van der Waals surface area contributed by atoms with Crippen LogP contribution in [0.1, 0.15) is 26.4 Å². The Kier molecular flexibility index (Phi) is 2.59. The van der Waals surface area contributed by atoms with Crippen LogP contribution in [0.15, 0.2) is 48.8 Å². The maximum absolute atomic E-state index is 13.2. The molecule has 1 aliphatic rings. The number of benzene rings is 1. The molecule has 0 saturated carbocycles.